The molecule has 0 aliphatic heterocycles. The van der Waals surface area contributed by atoms with Crippen molar-refractivity contribution < 1.29 is 14.3 Å². The van der Waals surface area contributed by atoms with Crippen molar-refractivity contribution in [3.63, 3.8) is 0 Å². The van der Waals surface area contributed by atoms with E-state index in [0.717, 1.165) is 17.5 Å². The van der Waals surface area contributed by atoms with Crippen molar-refractivity contribution in [2.45, 2.75) is 32.7 Å². The van der Waals surface area contributed by atoms with Crippen LogP contribution < -0.4 is 10.6 Å². The number of carbonyl (C=O) groups is 2. The lowest BCUT2D eigenvalue weighted by Crippen LogP contribution is -2.32. The van der Waals surface area contributed by atoms with Crippen molar-refractivity contribution in [3.8, 4) is 0 Å². The van der Waals surface area contributed by atoms with Crippen LogP contribution in [0, 0.1) is 5.92 Å². The fourth-order valence-corrected chi connectivity index (χ4v) is 2.81. The maximum Gasteiger partial charge on any atom is 0.411 e. The highest BCUT2D eigenvalue weighted by atomic mass is 16.5. The largest absolute Gasteiger partial charge is 0.453 e. The molecule has 0 saturated heterocycles. The monoisotopic (exact) mass is 354 g/mol. The number of nitrogens with one attached hydrogen (secondary N) is 2. The van der Waals surface area contributed by atoms with Gasteiger partial charge in [0.15, 0.2) is 0 Å². The third kappa shape index (κ3) is 5.34. The van der Waals surface area contributed by atoms with Crippen molar-refractivity contribution in [1.29, 1.82) is 0 Å². The minimum Gasteiger partial charge on any atom is -0.453 e. The third-order valence-electron chi connectivity index (χ3n) is 4.51. The highest BCUT2D eigenvalue weighted by Gasteiger charge is 2.25. The molecule has 2 amide bonds. The zero-order chi connectivity index (χ0) is 18.9. The van der Waals surface area contributed by atoms with Gasteiger partial charge >= 0.3 is 6.09 Å². The smallest absolute Gasteiger partial charge is 0.411 e. The lowest BCUT2D eigenvalue weighted by molar-refractivity contribution is -0.123. The summed E-state index contributed by atoms with van der Waals surface area (Å²) in [5, 5.41) is 5.63. The molecule has 26 heavy (non-hydrogen) atoms. The van der Waals surface area contributed by atoms with Gasteiger partial charge in [-0.1, -0.05) is 62.7 Å². The van der Waals surface area contributed by atoms with Gasteiger partial charge < -0.3 is 10.1 Å². The van der Waals surface area contributed by atoms with Gasteiger partial charge in [0.25, 0.3) is 0 Å². The van der Waals surface area contributed by atoms with Crippen LogP contribution in [0.15, 0.2) is 54.6 Å². The summed E-state index contributed by atoms with van der Waals surface area (Å²) in [5.74, 6) is 0.118. The minimum atomic E-state index is -0.509. The van der Waals surface area contributed by atoms with E-state index >= 15 is 0 Å². The van der Waals surface area contributed by atoms with Crippen LogP contribution in [0.5, 0.6) is 0 Å². The molecule has 2 rings (SSSR count). The quantitative estimate of drug-likeness (QED) is 0.778. The molecule has 2 unspecified atom stereocenters. The molecule has 2 N–H and O–H groups in total. The number of hydrogen-bond acceptors (Lipinski definition) is 3. The van der Waals surface area contributed by atoms with Crippen LogP contribution in [-0.4, -0.2) is 19.1 Å². The molecule has 2 aromatic rings. The van der Waals surface area contributed by atoms with Crippen LogP contribution in [0.3, 0.4) is 0 Å². The number of carbonyl (C=O) groups excluding carboxylic acids is 2. The highest BCUT2D eigenvalue weighted by molar-refractivity contribution is 5.85. The third-order valence-corrected chi connectivity index (χ3v) is 4.51. The van der Waals surface area contributed by atoms with Crippen LogP contribution in [-0.2, 0) is 16.1 Å². The molecule has 2 aromatic carbocycles. The molecule has 5 nitrogen and oxygen atoms in total. The van der Waals surface area contributed by atoms with E-state index in [1.54, 1.807) is 12.1 Å². The van der Waals surface area contributed by atoms with Gasteiger partial charge in [-0.15, -0.1) is 0 Å². The van der Waals surface area contributed by atoms with Crippen LogP contribution >= 0.6 is 0 Å². The second kappa shape index (κ2) is 9.61. The van der Waals surface area contributed by atoms with E-state index in [1.807, 2.05) is 42.5 Å². The Morgan fingerprint density at radius 2 is 1.69 bits per heavy atom. The molecule has 0 spiro atoms. The lowest BCUT2D eigenvalue weighted by atomic mass is 9.85. The average molecular weight is 354 g/mol. The number of rotatable bonds is 7. The van der Waals surface area contributed by atoms with Crippen molar-refractivity contribution in [2.24, 2.45) is 5.92 Å². The van der Waals surface area contributed by atoms with Crippen molar-refractivity contribution >= 4 is 17.7 Å². The van der Waals surface area contributed by atoms with Gasteiger partial charge in [-0.25, -0.2) is 4.79 Å². The molecule has 0 heterocycles. The minimum absolute atomic E-state index is 0.0299. The molecular formula is C21H26N2O3. The summed E-state index contributed by atoms with van der Waals surface area (Å²) in [4.78, 5) is 24.0. The Morgan fingerprint density at radius 3 is 2.27 bits per heavy atom. The molecule has 0 bridgehead atoms. The number of amides is 2. The van der Waals surface area contributed by atoms with Gasteiger partial charge in [-0.2, -0.15) is 0 Å². The first-order valence-electron chi connectivity index (χ1n) is 8.81. The molecule has 5 heteroatoms. The Morgan fingerprint density at radius 1 is 1.04 bits per heavy atom. The first-order chi connectivity index (χ1) is 12.5. The predicted molar refractivity (Wildman–Crippen MR) is 103 cm³/mol. The van der Waals surface area contributed by atoms with Gasteiger partial charge in [-0.05, 0) is 29.2 Å². The molecule has 0 saturated carbocycles. The zero-order valence-corrected chi connectivity index (χ0v) is 15.5. The predicted octanol–water partition coefficient (Wildman–Crippen LogP) is 4.31. The SMILES string of the molecule is CCC(C)C(C(=O)NCc1ccc(NC(=O)OC)cc1)c1ccccc1. The Labute approximate surface area is 154 Å². The van der Waals surface area contributed by atoms with E-state index in [2.05, 4.69) is 29.2 Å². The maximum absolute atomic E-state index is 12.8. The van der Waals surface area contributed by atoms with E-state index in [4.69, 9.17) is 0 Å². The van der Waals surface area contributed by atoms with E-state index in [0.29, 0.717) is 12.2 Å². The topological polar surface area (TPSA) is 67.4 Å². The molecule has 0 aliphatic rings. The van der Waals surface area contributed by atoms with Crippen molar-refractivity contribution in [3.05, 3.63) is 65.7 Å². The maximum atomic E-state index is 12.8. The van der Waals surface area contributed by atoms with Gasteiger partial charge in [-0.3, -0.25) is 10.1 Å². The van der Waals surface area contributed by atoms with Crippen molar-refractivity contribution in [2.75, 3.05) is 12.4 Å². The van der Waals surface area contributed by atoms with Crippen LogP contribution in [0.4, 0.5) is 10.5 Å². The second-order valence-corrected chi connectivity index (χ2v) is 6.31. The average Bonchev–Trinajstić information content (AvgIpc) is 2.68. The number of hydrogen-bond donors (Lipinski definition) is 2. The standard InChI is InChI=1S/C21H26N2O3/c1-4-15(2)19(17-8-6-5-7-9-17)20(24)22-14-16-10-12-18(13-11-16)23-21(25)26-3/h5-13,15,19H,4,14H2,1-3H3,(H,22,24)(H,23,25). The number of anilines is 1. The Bertz CT molecular complexity index is 714. The molecule has 0 aliphatic carbocycles. The Balaban J connectivity index is 2.00. The summed E-state index contributed by atoms with van der Waals surface area (Å²) in [6.07, 6.45) is 0.422. The summed E-state index contributed by atoms with van der Waals surface area (Å²) in [6, 6.07) is 17.2. The molecule has 0 fully saturated rings. The molecule has 0 radical (unpaired) electrons. The number of ether oxygens (including phenoxy) is 1. The second-order valence-electron chi connectivity index (χ2n) is 6.31. The summed E-state index contributed by atoms with van der Waals surface area (Å²) >= 11 is 0. The van der Waals surface area contributed by atoms with E-state index in [-0.39, 0.29) is 17.7 Å². The van der Waals surface area contributed by atoms with Crippen molar-refractivity contribution in [1.82, 2.24) is 5.32 Å². The van der Waals surface area contributed by atoms with Gasteiger partial charge in [0.1, 0.15) is 0 Å². The van der Waals surface area contributed by atoms with E-state index in [1.165, 1.54) is 7.11 Å². The first-order valence-corrected chi connectivity index (χ1v) is 8.81. The number of benzene rings is 2. The summed E-state index contributed by atoms with van der Waals surface area (Å²) in [5.41, 5.74) is 2.65. The van der Waals surface area contributed by atoms with E-state index < -0.39 is 6.09 Å². The molecule has 138 valence electrons. The first kappa shape index (κ1) is 19.5. The summed E-state index contributed by atoms with van der Waals surface area (Å²) in [6.45, 7) is 4.64. The Hall–Kier alpha value is -2.82. The zero-order valence-electron chi connectivity index (χ0n) is 15.5. The van der Waals surface area contributed by atoms with Gasteiger partial charge in [0.2, 0.25) is 5.91 Å². The molecule has 0 aromatic heterocycles. The van der Waals surface area contributed by atoms with Crippen LogP contribution in [0.25, 0.3) is 0 Å². The molecule has 2 atom stereocenters. The Kier molecular flexibility index (Phi) is 7.21. The van der Waals surface area contributed by atoms with Crippen LogP contribution in [0.1, 0.15) is 37.3 Å². The summed E-state index contributed by atoms with van der Waals surface area (Å²) < 4.78 is 4.56. The fraction of sp³-hybridized carbons (Fsp3) is 0.333. The highest BCUT2D eigenvalue weighted by Crippen LogP contribution is 2.27. The van der Waals surface area contributed by atoms with Gasteiger partial charge in [0.05, 0.1) is 13.0 Å². The molecular weight excluding hydrogens is 328 g/mol. The van der Waals surface area contributed by atoms with Crippen LogP contribution in [0.2, 0.25) is 0 Å². The van der Waals surface area contributed by atoms with Gasteiger partial charge in [0, 0.05) is 12.2 Å². The fourth-order valence-electron chi connectivity index (χ4n) is 2.81. The van der Waals surface area contributed by atoms with E-state index in [9.17, 15) is 9.59 Å². The summed E-state index contributed by atoms with van der Waals surface area (Å²) in [7, 11) is 1.32. The number of methoxy groups -OCH3 is 1. The lowest BCUT2D eigenvalue weighted by Gasteiger charge is -2.23. The normalized spacial score (nSPS) is 12.7.